The van der Waals surface area contributed by atoms with Crippen molar-refractivity contribution in [2.45, 2.75) is 53.6 Å². The molecule has 0 bridgehead atoms. The Morgan fingerprint density at radius 2 is 1.05 bits per heavy atom. The van der Waals surface area contributed by atoms with Crippen LogP contribution in [0.4, 0.5) is 20.4 Å². The van der Waals surface area contributed by atoms with Crippen LogP contribution in [-0.4, -0.2) is 101 Å². The molecule has 2 fully saturated rings. The molecule has 0 aliphatic carbocycles. The average molecular weight is 783 g/mol. The van der Waals surface area contributed by atoms with Crippen LogP contribution in [0, 0.1) is 39.3 Å². The van der Waals surface area contributed by atoms with Gasteiger partial charge in [-0.3, -0.25) is 0 Å². The van der Waals surface area contributed by atoms with E-state index in [1.165, 1.54) is 12.1 Å². The first-order valence-corrected chi connectivity index (χ1v) is 19.5. The van der Waals surface area contributed by atoms with Crippen LogP contribution in [0.1, 0.15) is 36.4 Å². The Kier molecular flexibility index (Phi) is 9.60. The molecule has 0 saturated carbocycles. The highest BCUT2D eigenvalue weighted by Gasteiger charge is 2.23. The van der Waals surface area contributed by atoms with Gasteiger partial charge in [0.25, 0.3) is 0 Å². The summed E-state index contributed by atoms with van der Waals surface area (Å²) in [5.74, 6) is 0.778. The monoisotopic (exact) mass is 782 g/mol. The number of nitrogens with one attached hydrogen (secondary N) is 2. The Morgan fingerprint density at radius 3 is 1.53 bits per heavy atom. The molecule has 0 spiro atoms. The van der Waals surface area contributed by atoms with Gasteiger partial charge in [-0.2, -0.15) is 10.2 Å². The fraction of sp³-hybridized carbons (Fsp3) is 0.333. The molecule has 2 saturated heterocycles. The smallest absolute Gasteiger partial charge is 0.156 e. The van der Waals surface area contributed by atoms with Crippen molar-refractivity contribution in [1.82, 2.24) is 60.2 Å². The zero-order valence-corrected chi connectivity index (χ0v) is 33.3. The van der Waals surface area contributed by atoms with Gasteiger partial charge in [0.2, 0.25) is 0 Å². The minimum absolute atomic E-state index is 0.319. The van der Waals surface area contributed by atoms with Crippen molar-refractivity contribution in [3.8, 4) is 22.5 Å². The van der Waals surface area contributed by atoms with Crippen LogP contribution in [0.2, 0.25) is 0 Å². The Hall–Kier alpha value is -6.26. The number of anilines is 2. The van der Waals surface area contributed by atoms with Crippen LogP contribution in [0.25, 0.3) is 55.6 Å². The van der Waals surface area contributed by atoms with Crippen molar-refractivity contribution >= 4 is 44.7 Å². The predicted octanol–water partition coefficient (Wildman–Crippen LogP) is 5.79. The van der Waals surface area contributed by atoms with Crippen LogP contribution < -0.4 is 20.4 Å². The summed E-state index contributed by atoms with van der Waals surface area (Å²) in [6.45, 7) is 17.2. The number of aromatic nitrogens is 10. The van der Waals surface area contributed by atoms with Crippen LogP contribution in [0.15, 0.2) is 60.9 Å². The summed E-state index contributed by atoms with van der Waals surface area (Å²) in [4.78, 5) is 13.2. The quantitative estimate of drug-likeness (QED) is 0.223. The van der Waals surface area contributed by atoms with Crippen molar-refractivity contribution in [2.75, 3.05) is 49.1 Å². The molecule has 2 N–H and O–H groups in total. The number of nitrogens with zero attached hydrogens (tertiary/aromatic N) is 12. The van der Waals surface area contributed by atoms with E-state index < -0.39 is 0 Å². The molecule has 2 atom stereocenters. The van der Waals surface area contributed by atoms with Crippen molar-refractivity contribution in [1.29, 1.82) is 0 Å². The zero-order valence-electron chi connectivity index (χ0n) is 33.3. The molecule has 58 heavy (non-hydrogen) atoms. The van der Waals surface area contributed by atoms with E-state index in [4.69, 9.17) is 0 Å². The lowest BCUT2D eigenvalue weighted by molar-refractivity contribution is 0.405. The van der Waals surface area contributed by atoms with Crippen LogP contribution in [-0.2, 0) is 0 Å². The zero-order chi connectivity index (χ0) is 40.2. The number of fused-ring (bicyclic) bond motifs is 4. The molecule has 8 aromatic rings. The summed E-state index contributed by atoms with van der Waals surface area (Å²) >= 11 is 0. The lowest BCUT2D eigenvalue weighted by Gasteiger charge is -2.36. The summed E-state index contributed by atoms with van der Waals surface area (Å²) < 4.78 is 33.5. The summed E-state index contributed by atoms with van der Waals surface area (Å²) in [5.41, 5.74) is 9.10. The van der Waals surface area contributed by atoms with Crippen molar-refractivity contribution < 1.29 is 8.78 Å². The molecular weight excluding hydrogens is 739 g/mol. The first-order chi connectivity index (χ1) is 27.9. The van der Waals surface area contributed by atoms with E-state index in [2.05, 4.69) is 74.8 Å². The lowest BCUT2D eigenvalue weighted by Crippen LogP contribution is -2.54. The summed E-state index contributed by atoms with van der Waals surface area (Å²) in [5, 5.41) is 34.3. The lowest BCUT2D eigenvalue weighted by atomic mass is 10.1. The highest BCUT2D eigenvalue weighted by atomic mass is 19.1. The van der Waals surface area contributed by atoms with Gasteiger partial charge in [0, 0.05) is 73.3 Å². The largest absolute Gasteiger partial charge is 0.353 e. The molecule has 10 rings (SSSR count). The van der Waals surface area contributed by atoms with Gasteiger partial charge < -0.3 is 20.4 Å². The number of imidazole rings is 2. The Balaban J connectivity index is 0.000000151. The van der Waals surface area contributed by atoms with Crippen LogP contribution in [0.3, 0.4) is 0 Å². The average Bonchev–Trinajstić information content (AvgIpc) is 3.79. The minimum Gasteiger partial charge on any atom is -0.353 e. The number of hydrogen-bond donors (Lipinski definition) is 2. The Morgan fingerprint density at radius 1 is 0.586 bits per heavy atom. The fourth-order valence-electron chi connectivity index (χ4n) is 7.97. The first-order valence-electron chi connectivity index (χ1n) is 19.5. The SMILES string of the molecule is Cc1cn2nc(-c3cc(F)c4cc(N5CCNCC5)nnc4c3)cc(C)c2n1.Cc1cn2nc(-c3cc(F)c4cc(N5C[C@@H](C)N[C@@H](C)C5)nnc4c3)cc(C)c2n1. The molecule has 8 heterocycles. The Bertz CT molecular complexity index is 2840. The Labute approximate surface area is 333 Å². The maximum absolute atomic E-state index is 15.1. The summed E-state index contributed by atoms with van der Waals surface area (Å²) in [6, 6.07) is 14.8. The third kappa shape index (κ3) is 7.24. The van der Waals surface area contributed by atoms with Gasteiger partial charge >= 0.3 is 0 Å². The standard InChI is InChI=1S/C22H24FN7.C20H20FN7/c1-12-5-19(28-30-11-15(4)25-22(12)30)16-6-18(23)17-8-21(27-26-20(17)7-16)29-9-13(2)24-14(3)10-29;1-12-7-17(26-28-11-13(2)23-20(12)28)14-8-16(21)15-10-19(25-24-18(15)9-14)27-5-3-22-4-6-27/h5-8,11,13-14,24H,9-10H2,1-4H3;7-11,22H,3-6H2,1-2H3/t13-,14+;. The number of hydrogen-bond acceptors (Lipinski definition) is 12. The van der Waals surface area contributed by atoms with Crippen molar-refractivity contribution in [2.24, 2.45) is 0 Å². The van der Waals surface area contributed by atoms with E-state index in [0.29, 0.717) is 68.0 Å². The van der Waals surface area contributed by atoms with E-state index in [1.807, 2.05) is 64.4 Å². The molecule has 2 aliphatic rings. The summed E-state index contributed by atoms with van der Waals surface area (Å²) in [6.07, 6.45) is 3.73. The van der Waals surface area contributed by atoms with E-state index in [-0.39, 0.29) is 11.6 Å². The minimum atomic E-state index is -0.323. The molecule has 2 aromatic carbocycles. The molecule has 296 valence electrons. The van der Waals surface area contributed by atoms with Gasteiger partial charge in [0.15, 0.2) is 22.9 Å². The molecule has 2 aliphatic heterocycles. The molecule has 6 aromatic heterocycles. The second kappa shape index (κ2) is 14.9. The highest BCUT2D eigenvalue weighted by molar-refractivity contribution is 5.87. The van der Waals surface area contributed by atoms with E-state index >= 15 is 4.39 Å². The number of rotatable bonds is 4. The number of halogens is 2. The van der Waals surface area contributed by atoms with Gasteiger partial charge in [-0.15, -0.1) is 20.4 Å². The third-order valence-electron chi connectivity index (χ3n) is 10.7. The molecule has 0 amide bonds. The number of piperazine rings is 2. The van der Waals surface area contributed by atoms with E-state index in [1.54, 1.807) is 21.2 Å². The predicted molar refractivity (Wildman–Crippen MR) is 221 cm³/mol. The van der Waals surface area contributed by atoms with Gasteiger partial charge in [0.05, 0.1) is 46.2 Å². The maximum Gasteiger partial charge on any atom is 0.156 e. The second-order valence-electron chi connectivity index (χ2n) is 15.5. The van der Waals surface area contributed by atoms with Crippen molar-refractivity contribution in [3.05, 3.63) is 95.1 Å². The van der Waals surface area contributed by atoms with E-state index in [0.717, 1.165) is 73.1 Å². The second-order valence-corrected chi connectivity index (χ2v) is 15.5. The molecular formula is C42H44F2N14. The molecule has 14 nitrogen and oxygen atoms in total. The topological polar surface area (TPSA) is 142 Å². The van der Waals surface area contributed by atoms with Gasteiger partial charge in [-0.1, -0.05) is 0 Å². The highest BCUT2D eigenvalue weighted by Crippen LogP contribution is 2.30. The van der Waals surface area contributed by atoms with Gasteiger partial charge in [-0.25, -0.2) is 27.8 Å². The molecule has 0 unspecified atom stereocenters. The van der Waals surface area contributed by atoms with Crippen LogP contribution in [0.5, 0.6) is 0 Å². The normalized spacial score (nSPS) is 17.4. The fourth-order valence-corrected chi connectivity index (χ4v) is 7.97. The van der Waals surface area contributed by atoms with Crippen LogP contribution >= 0.6 is 0 Å². The number of benzene rings is 2. The third-order valence-corrected chi connectivity index (χ3v) is 10.7. The van der Waals surface area contributed by atoms with Gasteiger partial charge in [-0.05, 0) is 101 Å². The number of aryl methyl sites for hydroxylation is 4. The van der Waals surface area contributed by atoms with E-state index in [9.17, 15) is 4.39 Å². The first kappa shape index (κ1) is 37.3. The maximum atomic E-state index is 15.1. The van der Waals surface area contributed by atoms with Gasteiger partial charge in [0.1, 0.15) is 11.6 Å². The van der Waals surface area contributed by atoms with Crippen molar-refractivity contribution in [3.63, 3.8) is 0 Å². The summed E-state index contributed by atoms with van der Waals surface area (Å²) in [7, 11) is 0. The molecule has 0 radical (unpaired) electrons. The molecule has 16 heteroatoms.